The van der Waals surface area contributed by atoms with Crippen LogP contribution in [0, 0.1) is 17.7 Å². The lowest BCUT2D eigenvalue weighted by Gasteiger charge is -2.17. The van der Waals surface area contributed by atoms with Crippen LogP contribution in [0.5, 0.6) is 0 Å². The molecule has 1 aromatic carbocycles. The summed E-state index contributed by atoms with van der Waals surface area (Å²) < 4.78 is 13.2. The van der Waals surface area contributed by atoms with Crippen LogP contribution in [-0.4, -0.2) is 37.3 Å². The molecule has 0 bridgehead atoms. The molecule has 3 N–H and O–H groups in total. The van der Waals surface area contributed by atoms with Gasteiger partial charge in [-0.15, -0.1) is 24.0 Å². The summed E-state index contributed by atoms with van der Waals surface area (Å²) in [5.74, 6) is 1.65. The van der Waals surface area contributed by atoms with Crippen molar-refractivity contribution in [1.29, 1.82) is 0 Å². The molecule has 0 amide bonds. The highest BCUT2D eigenvalue weighted by molar-refractivity contribution is 14.0. The Hall–Kier alpha value is -0.890. The third kappa shape index (κ3) is 11.7. The first-order valence-corrected chi connectivity index (χ1v) is 9.42. The van der Waals surface area contributed by atoms with E-state index in [-0.39, 0.29) is 36.4 Å². The Morgan fingerprint density at radius 2 is 2.04 bits per heavy atom. The van der Waals surface area contributed by atoms with Gasteiger partial charge in [0.15, 0.2) is 5.96 Å². The number of hydrogen-bond donors (Lipinski definition) is 3. The summed E-state index contributed by atoms with van der Waals surface area (Å²) in [5, 5.41) is 15.8. The van der Waals surface area contributed by atoms with Crippen molar-refractivity contribution in [2.75, 3.05) is 26.2 Å². The van der Waals surface area contributed by atoms with Crippen LogP contribution in [0.15, 0.2) is 29.3 Å². The van der Waals surface area contributed by atoms with E-state index in [0.717, 1.165) is 56.8 Å². The molecule has 0 aliphatic heterocycles. The molecule has 26 heavy (non-hydrogen) atoms. The van der Waals surface area contributed by atoms with Gasteiger partial charge in [0.05, 0.1) is 0 Å². The highest BCUT2D eigenvalue weighted by Crippen LogP contribution is 2.15. The third-order valence-electron chi connectivity index (χ3n) is 4.02. The summed E-state index contributed by atoms with van der Waals surface area (Å²) in [6.45, 7) is 8.97. The van der Waals surface area contributed by atoms with E-state index in [2.05, 4.69) is 29.5 Å². The number of aliphatic hydroxyl groups excluding tert-OH is 1. The van der Waals surface area contributed by atoms with E-state index in [1.165, 1.54) is 6.07 Å². The molecule has 1 aromatic rings. The van der Waals surface area contributed by atoms with Crippen LogP contribution < -0.4 is 10.6 Å². The van der Waals surface area contributed by atoms with Gasteiger partial charge in [0, 0.05) is 26.2 Å². The quantitative estimate of drug-likeness (QED) is 0.195. The molecule has 1 rings (SSSR count). The molecular weight excluding hydrogens is 444 g/mol. The minimum atomic E-state index is -0.180. The number of aliphatic imine (C=N–C) groups is 1. The first-order chi connectivity index (χ1) is 12.0. The standard InChI is InChI=1S/C20H34FN3O.HI/c1-4-22-20(24-15-18(10-12-25)13-16(2)3)23-11-6-8-17-7-5-9-19(21)14-17;/h5,7,9,14,16,18,25H,4,6,8,10-13,15H2,1-3H3,(H2,22,23,24);1H. The van der Waals surface area contributed by atoms with Crippen molar-refractivity contribution in [3.63, 3.8) is 0 Å². The zero-order chi connectivity index (χ0) is 18.5. The largest absolute Gasteiger partial charge is 0.396 e. The van der Waals surface area contributed by atoms with E-state index in [0.29, 0.717) is 11.8 Å². The first-order valence-electron chi connectivity index (χ1n) is 9.42. The second-order valence-electron chi connectivity index (χ2n) is 6.89. The van der Waals surface area contributed by atoms with Crippen LogP contribution in [-0.2, 0) is 6.42 Å². The van der Waals surface area contributed by atoms with Gasteiger partial charge in [-0.3, -0.25) is 4.99 Å². The lowest BCUT2D eigenvalue weighted by atomic mass is 9.94. The number of halogens is 2. The molecule has 0 aromatic heterocycles. The normalized spacial score (nSPS) is 12.6. The van der Waals surface area contributed by atoms with E-state index < -0.39 is 0 Å². The Balaban J connectivity index is 0.00000625. The molecular formula is C20H35FIN3O. The van der Waals surface area contributed by atoms with E-state index in [4.69, 9.17) is 0 Å². The maximum Gasteiger partial charge on any atom is 0.191 e. The molecule has 0 saturated carbocycles. The van der Waals surface area contributed by atoms with Gasteiger partial charge >= 0.3 is 0 Å². The van der Waals surface area contributed by atoms with Gasteiger partial charge in [-0.05, 0) is 62.1 Å². The van der Waals surface area contributed by atoms with Crippen LogP contribution in [0.3, 0.4) is 0 Å². The number of aryl methyl sites for hydroxylation is 1. The van der Waals surface area contributed by atoms with Gasteiger partial charge < -0.3 is 15.7 Å². The number of nitrogens with one attached hydrogen (secondary N) is 2. The molecule has 0 aliphatic rings. The lowest BCUT2D eigenvalue weighted by Crippen LogP contribution is -2.38. The van der Waals surface area contributed by atoms with Crippen LogP contribution in [0.2, 0.25) is 0 Å². The molecule has 6 heteroatoms. The third-order valence-corrected chi connectivity index (χ3v) is 4.02. The van der Waals surface area contributed by atoms with Gasteiger partial charge in [0.2, 0.25) is 0 Å². The minimum Gasteiger partial charge on any atom is -0.396 e. The number of guanidine groups is 1. The smallest absolute Gasteiger partial charge is 0.191 e. The Bertz CT molecular complexity index is 512. The molecule has 4 nitrogen and oxygen atoms in total. The predicted molar refractivity (Wildman–Crippen MR) is 119 cm³/mol. The first kappa shape index (κ1) is 25.1. The average Bonchev–Trinajstić information content (AvgIpc) is 2.56. The average molecular weight is 479 g/mol. The van der Waals surface area contributed by atoms with E-state index in [1.807, 2.05) is 13.0 Å². The zero-order valence-electron chi connectivity index (χ0n) is 16.3. The number of nitrogens with zero attached hydrogens (tertiary/aromatic N) is 1. The van der Waals surface area contributed by atoms with Gasteiger partial charge in [-0.25, -0.2) is 4.39 Å². The van der Waals surface area contributed by atoms with E-state index >= 15 is 0 Å². The maximum absolute atomic E-state index is 13.2. The highest BCUT2D eigenvalue weighted by atomic mass is 127. The fraction of sp³-hybridized carbons (Fsp3) is 0.650. The van der Waals surface area contributed by atoms with Crippen molar-refractivity contribution in [3.8, 4) is 0 Å². The van der Waals surface area contributed by atoms with E-state index in [9.17, 15) is 9.50 Å². The van der Waals surface area contributed by atoms with Crippen LogP contribution in [0.1, 0.15) is 45.6 Å². The summed E-state index contributed by atoms with van der Waals surface area (Å²) >= 11 is 0. The summed E-state index contributed by atoms with van der Waals surface area (Å²) in [4.78, 5) is 4.67. The molecule has 1 unspecified atom stereocenters. The number of benzene rings is 1. The lowest BCUT2D eigenvalue weighted by molar-refractivity contribution is 0.245. The van der Waals surface area contributed by atoms with Crippen molar-refractivity contribution in [2.24, 2.45) is 16.8 Å². The molecule has 0 spiro atoms. The number of hydrogen-bond acceptors (Lipinski definition) is 2. The summed E-state index contributed by atoms with van der Waals surface area (Å²) in [6, 6.07) is 6.76. The molecule has 0 radical (unpaired) electrons. The van der Waals surface area contributed by atoms with Crippen LogP contribution in [0.4, 0.5) is 4.39 Å². The predicted octanol–water partition coefficient (Wildman–Crippen LogP) is 3.98. The van der Waals surface area contributed by atoms with Crippen molar-refractivity contribution in [1.82, 2.24) is 10.6 Å². The SMILES string of the molecule is CCNC(=NCC(CCO)CC(C)C)NCCCc1cccc(F)c1.I. The van der Waals surface area contributed by atoms with Crippen molar-refractivity contribution in [2.45, 2.75) is 46.5 Å². The zero-order valence-corrected chi connectivity index (χ0v) is 18.6. The molecule has 1 atom stereocenters. The topological polar surface area (TPSA) is 56.7 Å². The Morgan fingerprint density at radius 1 is 1.27 bits per heavy atom. The second-order valence-corrected chi connectivity index (χ2v) is 6.89. The van der Waals surface area contributed by atoms with Gasteiger partial charge in [-0.2, -0.15) is 0 Å². The molecule has 0 aliphatic carbocycles. The Kier molecular flexibility index (Phi) is 14.7. The van der Waals surface area contributed by atoms with Gasteiger partial charge in [-0.1, -0.05) is 26.0 Å². The van der Waals surface area contributed by atoms with Gasteiger partial charge in [0.25, 0.3) is 0 Å². The van der Waals surface area contributed by atoms with Crippen molar-refractivity contribution < 1.29 is 9.50 Å². The minimum absolute atomic E-state index is 0. The number of rotatable bonds is 11. The Labute approximate surface area is 175 Å². The Morgan fingerprint density at radius 3 is 2.65 bits per heavy atom. The second kappa shape index (κ2) is 15.2. The maximum atomic E-state index is 13.2. The fourth-order valence-corrected chi connectivity index (χ4v) is 2.89. The van der Waals surface area contributed by atoms with E-state index in [1.54, 1.807) is 12.1 Å². The molecule has 0 saturated heterocycles. The van der Waals surface area contributed by atoms with Gasteiger partial charge in [0.1, 0.15) is 5.82 Å². The summed E-state index contributed by atoms with van der Waals surface area (Å²) in [7, 11) is 0. The number of aliphatic hydroxyl groups is 1. The fourth-order valence-electron chi connectivity index (χ4n) is 2.89. The highest BCUT2D eigenvalue weighted by Gasteiger charge is 2.10. The molecule has 0 fully saturated rings. The van der Waals surface area contributed by atoms with Crippen LogP contribution >= 0.6 is 24.0 Å². The summed E-state index contributed by atoms with van der Waals surface area (Å²) in [6.07, 6.45) is 3.62. The van der Waals surface area contributed by atoms with Crippen molar-refractivity contribution in [3.05, 3.63) is 35.6 Å². The summed E-state index contributed by atoms with van der Waals surface area (Å²) in [5.41, 5.74) is 1.02. The van der Waals surface area contributed by atoms with Crippen molar-refractivity contribution >= 4 is 29.9 Å². The van der Waals surface area contributed by atoms with Crippen LogP contribution in [0.25, 0.3) is 0 Å². The monoisotopic (exact) mass is 479 g/mol. The molecule has 150 valence electrons. The molecule has 0 heterocycles.